The van der Waals surface area contributed by atoms with Crippen molar-refractivity contribution in [1.82, 2.24) is 5.32 Å². The van der Waals surface area contributed by atoms with Crippen LogP contribution >= 0.6 is 15.9 Å². The van der Waals surface area contributed by atoms with Gasteiger partial charge in [-0.05, 0) is 36.0 Å². The molecule has 1 N–H and O–H groups in total. The molecule has 22 heavy (non-hydrogen) atoms. The molecule has 0 aliphatic rings. The van der Waals surface area contributed by atoms with E-state index in [1.54, 1.807) is 0 Å². The lowest BCUT2D eigenvalue weighted by Crippen LogP contribution is -2.26. The van der Waals surface area contributed by atoms with Crippen LogP contribution in [0, 0.1) is 0 Å². The maximum atomic E-state index is 12.0. The molecular weight excluding hydrogens is 338 g/mol. The first-order chi connectivity index (χ1) is 10.8. The van der Waals surface area contributed by atoms with Gasteiger partial charge in [0.1, 0.15) is 0 Å². The van der Waals surface area contributed by atoms with Crippen molar-refractivity contribution >= 4 is 21.8 Å². The number of unbranched alkanes of at least 4 members (excludes halogenated alkanes) is 1. The molecule has 0 aliphatic heterocycles. The van der Waals surface area contributed by atoms with Gasteiger partial charge >= 0.3 is 0 Å². The summed E-state index contributed by atoms with van der Waals surface area (Å²) in [6, 6.07) is 18.5. The Kier molecular flexibility index (Phi) is 7.17. The van der Waals surface area contributed by atoms with E-state index in [-0.39, 0.29) is 5.91 Å². The van der Waals surface area contributed by atoms with E-state index in [0.29, 0.717) is 6.42 Å². The molecule has 2 rings (SSSR count). The summed E-state index contributed by atoms with van der Waals surface area (Å²) >= 11 is 3.46. The van der Waals surface area contributed by atoms with Crippen molar-refractivity contribution in [2.45, 2.75) is 31.0 Å². The highest BCUT2D eigenvalue weighted by molar-refractivity contribution is 9.08. The topological polar surface area (TPSA) is 29.1 Å². The van der Waals surface area contributed by atoms with Gasteiger partial charge in [-0.15, -0.1) is 0 Å². The number of alkyl halides is 1. The van der Waals surface area contributed by atoms with Crippen molar-refractivity contribution in [1.29, 1.82) is 0 Å². The minimum atomic E-state index is 0.105. The van der Waals surface area contributed by atoms with Gasteiger partial charge in [0.25, 0.3) is 0 Å². The number of halogens is 1. The van der Waals surface area contributed by atoms with Crippen molar-refractivity contribution in [2.24, 2.45) is 0 Å². The maximum absolute atomic E-state index is 12.0. The molecule has 0 aliphatic carbocycles. The summed E-state index contributed by atoms with van der Waals surface area (Å²) in [5.41, 5.74) is 3.64. The monoisotopic (exact) mass is 359 g/mol. The van der Waals surface area contributed by atoms with Crippen LogP contribution in [0.15, 0.2) is 54.6 Å². The second-order valence-corrected chi connectivity index (χ2v) is 5.93. The first-order valence-electron chi connectivity index (χ1n) is 7.73. The molecule has 0 atom stereocenters. The number of benzene rings is 2. The van der Waals surface area contributed by atoms with Crippen LogP contribution < -0.4 is 5.32 Å². The number of aryl methyl sites for hydroxylation is 1. The Balaban J connectivity index is 1.65. The van der Waals surface area contributed by atoms with Gasteiger partial charge < -0.3 is 5.32 Å². The van der Waals surface area contributed by atoms with Crippen LogP contribution in [-0.2, 0) is 23.0 Å². The lowest BCUT2D eigenvalue weighted by molar-refractivity contribution is -0.120. The molecule has 0 heterocycles. The van der Waals surface area contributed by atoms with Crippen molar-refractivity contribution in [3.8, 4) is 0 Å². The number of hydrogen-bond donors (Lipinski definition) is 1. The van der Waals surface area contributed by atoms with Crippen LogP contribution in [0.1, 0.15) is 29.5 Å². The molecule has 0 fully saturated rings. The molecule has 0 aromatic heterocycles. The van der Waals surface area contributed by atoms with Gasteiger partial charge in [-0.1, -0.05) is 70.5 Å². The minimum Gasteiger partial charge on any atom is -0.356 e. The molecule has 2 nitrogen and oxygen atoms in total. The van der Waals surface area contributed by atoms with Crippen molar-refractivity contribution in [2.75, 3.05) is 6.54 Å². The molecule has 1 amide bonds. The zero-order valence-corrected chi connectivity index (χ0v) is 14.3. The van der Waals surface area contributed by atoms with E-state index >= 15 is 0 Å². The van der Waals surface area contributed by atoms with Crippen molar-refractivity contribution in [3.05, 3.63) is 71.3 Å². The lowest BCUT2D eigenvalue weighted by Gasteiger charge is -2.08. The van der Waals surface area contributed by atoms with E-state index in [2.05, 4.69) is 51.6 Å². The first kappa shape index (κ1) is 16.8. The minimum absolute atomic E-state index is 0.105. The molecule has 0 radical (unpaired) electrons. The Labute approximate surface area is 141 Å². The fourth-order valence-corrected chi connectivity index (χ4v) is 2.97. The summed E-state index contributed by atoms with van der Waals surface area (Å²) in [5.74, 6) is 0.105. The summed E-state index contributed by atoms with van der Waals surface area (Å²) in [5, 5.41) is 3.80. The first-order valence-corrected chi connectivity index (χ1v) is 8.85. The molecule has 0 spiro atoms. The number of carbonyl (C=O) groups excluding carboxylic acids is 1. The zero-order chi connectivity index (χ0) is 15.6. The molecule has 2 aromatic rings. The summed E-state index contributed by atoms with van der Waals surface area (Å²) in [6.45, 7) is 0.752. The highest BCUT2D eigenvalue weighted by Gasteiger charge is 2.06. The Hall–Kier alpha value is -1.61. The van der Waals surface area contributed by atoms with Gasteiger partial charge in [0.15, 0.2) is 0 Å². The van der Waals surface area contributed by atoms with E-state index in [4.69, 9.17) is 0 Å². The SMILES string of the molecule is O=C(Cc1ccccc1CBr)NCCCCc1ccccc1. The van der Waals surface area contributed by atoms with Crippen molar-refractivity contribution in [3.63, 3.8) is 0 Å². The summed E-state index contributed by atoms with van der Waals surface area (Å²) in [7, 11) is 0. The summed E-state index contributed by atoms with van der Waals surface area (Å²) in [4.78, 5) is 12.0. The molecule has 0 saturated carbocycles. The third-order valence-electron chi connectivity index (χ3n) is 3.67. The molecule has 0 unspecified atom stereocenters. The molecule has 116 valence electrons. The Bertz CT molecular complexity index is 583. The fraction of sp³-hybridized carbons (Fsp3) is 0.316. The van der Waals surface area contributed by atoms with E-state index in [1.807, 2.05) is 24.3 Å². The fourth-order valence-electron chi connectivity index (χ4n) is 2.42. The molecule has 0 bridgehead atoms. The molecule has 0 saturated heterocycles. The van der Waals surface area contributed by atoms with E-state index < -0.39 is 0 Å². The standard InChI is InChI=1S/C19H22BrNO/c20-15-18-12-5-4-11-17(18)14-19(22)21-13-7-6-10-16-8-2-1-3-9-16/h1-5,8-9,11-12H,6-7,10,13-15H2,(H,21,22). The van der Waals surface area contributed by atoms with E-state index in [1.165, 1.54) is 11.1 Å². The van der Waals surface area contributed by atoms with E-state index in [0.717, 1.165) is 36.7 Å². The van der Waals surface area contributed by atoms with Crippen LogP contribution in [0.25, 0.3) is 0 Å². The Morgan fingerprint density at radius 2 is 1.59 bits per heavy atom. The second-order valence-electron chi connectivity index (χ2n) is 5.37. The second kappa shape index (κ2) is 9.42. The number of amides is 1. The van der Waals surface area contributed by atoms with Gasteiger partial charge in [0.05, 0.1) is 6.42 Å². The normalized spacial score (nSPS) is 10.4. The number of nitrogens with one attached hydrogen (secondary N) is 1. The molecule has 2 aromatic carbocycles. The maximum Gasteiger partial charge on any atom is 0.224 e. The number of hydrogen-bond acceptors (Lipinski definition) is 1. The van der Waals surface area contributed by atoms with Crippen molar-refractivity contribution < 1.29 is 4.79 Å². The number of rotatable bonds is 8. The summed E-state index contributed by atoms with van der Waals surface area (Å²) < 4.78 is 0. The van der Waals surface area contributed by atoms with Crippen LogP contribution in [0.5, 0.6) is 0 Å². The summed E-state index contributed by atoms with van der Waals surface area (Å²) in [6.07, 6.45) is 3.65. The van der Waals surface area contributed by atoms with Gasteiger partial charge in [0.2, 0.25) is 5.91 Å². The average Bonchev–Trinajstić information content (AvgIpc) is 2.56. The Morgan fingerprint density at radius 1 is 0.909 bits per heavy atom. The van der Waals surface area contributed by atoms with Crippen LogP contribution in [0.2, 0.25) is 0 Å². The predicted molar refractivity (Wildman–Crippen MR) is 95.2 cm³/mol. The van der Waals surface area contributed by atoms with Crippen LogP contribution in [0.3, 0.4) is 0 Å². The van der Waals surface area contributed by atoms with Gasteiger partial charge in [-0.3, -0.25) is 4.79 Å². The average molecular weight is 360 g/mol. The van der Waals surface area contributed by atoms with Gasteiger partial charge in [0, 0.05) is 11.9 Å². The molecular formula is C19H22BrNO. The number of carbonyl (C=O) groups is 1. The lowest BCUT2D eigenvalue weighted by atomic mass is 10.1. The third kappa shape index (κ3) is 5.64. The Morgan fingerprint density at radius 3 is 2.32 bits per heavy atom. The smallest absolute Gasteiger partial charge is 0.224 e. The van der Waals surface area contributed by atoms with Crippen LogP contribution in [-0.4, -0.2) is 12.5 Å². The zero-order valence-electron chi connectivity index (χ0n) is 12.7. The highest BCUT2D eigenvalue weighted by atomic mass is 79.9. The quantitative estimate of drug-likeness (QED) is 0.553. The van der Waals surface area contributed by atoms with E-state index in [9.17, 15) is 4.79 Å². The van der Waals surface area contributed by atoms with Gasteiger partial charge in [-0.2, -0.15) is 0 Å². The molecule has 3 heteroatoms. The third-order valence-corrected chi connectivity index (χ3v) is 4.27. The van der Waals surface area contributed by atoms with Crippen LogP contribution in [0.4, 0.5) is 0 Å². The highest BCUT2D eigenvalue weighted by Crippen LogP contribution is 2.13. The largest absolute Gasteiger partial charge is 0.356 e. The van der Waals surface area contributed by atoms with Gasteiger partial charge in [-0.25, -0.2) is 0 Å². The predicted octanol–water partition coefficient (Wildman–Crippen LogP) is 4.26.